The summed E-state index contributed by atoms with van der Waals surface area (Å²) in [5, 5.41) is 6.75. The lowest BCUT2D eigenvalue weighted by Crippen LogP contribution is -2.36. The van der Waals surface area contributed by atoms with Crippen LogP contribution in [-0.2, 0) is 0 Å². The second-order valence-electron chi connectivity index (χ2n) is 4.74. The third-order valence-corrected chi connectivity index (χ3v) is 4.29. The van der Waals surface area contributed by atoms with Crippen LogP contribution in [0.15, 0.2) is 12.1 Å². The molecule has 2 rings (SSSR count). The highest BCUT2D eigenvalue weighted by Gasteiger charge is 2.21. The average Bonchev–Trinajstić information content (AvgIpc) is 2.40. The van der Waals surface area contributed by atoms with Gasteiger partial charge < -0.3 is 10.6 Å². The van der Waals surface area contributed by atoms with E-state index in [0.29, 0.717) is 11.6 Å². The molecular weight excluding hydrogens is 274 g/mol. The Morgan fingerprint density at radius 3 is 2.67 bits per heavy atom. The first-order valence-corrected chi connectivity index (χ1v) is 6.96. The zero-order chi connectivity index (χ0) is 13.1. The first-order chi connectivity index (χ1) is 8.59. The maximum atomic E-state index is 13.9. The fourth-order valence-electron chi connectivity index (χ4n) is 2.34. The Balaban J connectivity index is 2.06. The summed E-state index contributed by atoms with van der Waals surface area (Å²) in [6.07, 6.45) is 2.22. The van der Waals surface area contributed by atoms with E-state index in [-0.39, 0.29) is 16.1 Å². The van der Waals surface area contributed by atoms with Crippen LogP contribution in [0.5, 0.6) is 0 Å². The zero-order valence-electron chi connectivity index (χ0n) is 10.3. The van der Waals surface area contributed by atoms with Gasteiger partial charge in [-0.05, 0) is 50.9 Å². The molecule has 1 heterocycles. The van der Waals surface area contributed by atoms with E-state index in [1.54, 1.807) is 12.1 Å². The van der Waals surface area contributed by atoms with Gasteiger partial charge in [0.15, 0.2) is 5.82 Å². The lowest BCUT2D eigenvalue weighted by Gasteiger charge is -2.29. The molecule has 1 aliphatic rings. The Kier molecular flexibility index (Phi) is 4.71. The number of anilines is 1. The molecule has 2 N–H and O–H groups in total. The third kappa shape index (κ3) is 3.08. The van der Waals surface area contributed by atoms with E-state index in [1.165, 1.54) is 0 Å². The highest BCUT2D eigenvalue weighted by molar-refractivity contribution is 6.42. The Hall–Kier alpha value is -0.510. The minimum Gasteiger partial charge on any atom is -0.380 e. The van der Waals surface area contributed by atoms with Crippen molar-refractivity contribution < 1.29 is 4.39 Å². The quantitative estimate of drug-likeness (QED) is 0.824. The van der Waals surface area contributed by atoms with Crippen LogP contribution < -0.4 is 10.6 Å². The maximum Gasteiger partial charge on any atom is 0.166 e. The number of benzene rings is 1. The molecule has 0 bridgehead atoms. The van der Waals surface area contributed by atoms with Crippen LogP contribution in [0.3, 0.4) is 0 Å². The number of hydrogen-bond acceptors (Lipinski definition) is 2. The molecule has 1 fully saturated rings. The molecule has 1 atom stereocenters. The Morgan fingerprint density at radius 1 is 1.33 bits per heavy atom. The minimum absolute atomic E-state index is 0.0147. The fraction of sp³-hybridized carbons (Fsp3) is 0.538. The molecule has 0 saturated carbocycles. The second-order valence-corrected chi connectivity index (χ2v) is 5.53. The van der Waals surface area contributed by atoms with Gasteiger partial charge >= 0.3 is 0 Å². The van der Waals surface area contributed by atoms with Crippen molar-refractivity contribution in [3.05, 3.63) is 28.0 Å². The number of piperidine rings is 1. The van der Waals surface area contributed by atoms with Gasteiger partial charge in [0.1, 0.15) is 0 Å². The summed E-state index contributed by atoms with van der Waals surface area (Å²) in [4.78, 5) is 0. The van der Waals surface area contributed by atoms with Crippen molar-refractivity contribution >= 4 is 28.9 Å². The molecule has 0 aromatic heterocycles. The average molecular weight is 291 g/mol. The summed E-state index contributed by atoms with van der Waals surface area (Å²) in [7, 11) is 0. The van der Waals surface area contributed by atoms with Crippen LogP contribution in [0, 0.1) is 11.7 Å². The summed E-state index contributed by atoms with van der Waals surface area (Å²) in [6, 6.07) is 3.48. The predicted octanol–water partition coefficient (Wildman–Crippen LogP) is 3.93. The lowest BCUT2D eigenvalue weighted by atomic mass is 9.91. The lowest BCUT2D eigenvalue weighted by molar-refractivity contribution is 0.342. The van der Waals surface area contributed by atoms with E-state index < -0.39 is 5.82 Å². The first-order valence-electron chi connectivity index (χ1n) is 6.20. The van der Waals surface area contributed by atoms with Crippen LogP contribution in [0.25, 0.3) is 0 Å². The molecule has 2 nitrogen and oxygen atoms in total. The Bertz CT molecular complexity index is 420. The molecular formula is C13H17Cl2FN2. The summed E-state index contributed by atoms with van der Waals surface area (Å²) in [5.74, 6) is 0.0880. The smallest absolute Gasteiger partial charge is 0.166 e. The van der Waals surface area contributed by atoms with Gasteiger partial charge in [-0.15, -0.1) is 0 Å². The molecule has 1 aromatic carbocycles. The standard InChI is InChI=1S/C13H17Cl2FN2/c1-8(9-4-6-17-7-5-9)18-11-3-2-10(14)12(15)13(11)16/h2-3,8-9,17-18H,4-7H2,1H3. The third-order valence-electron chi connectivity index (χ3n) is 3.51. The molecule has 0 radical (unpaired) electrons. The summed E-state index contributed by atoms with van der Waals surface area (Å²) < 4.78 is 13.9. The molecule has 1 aromatic rings. The van der Waals surface area contributed by atoms with Crippen LogP contribution in [-0.4, -0.2) is 19.1 Å². The molecule has 5 heteroatoms. The molecule has 1 aliphatic heterocycles. The second kappa shape index (κ2) is 6.09. The van der Waals surface area contributed by atoms with Gasteiger partial charge in [-0.3, -0.25) is 0 Å². The van der Waals surface area contributed by atoms with E-state index in [2.05, 4.69) is 17.6 Å². The van der Waals surface area contributed by atoms with Crippen molar-refractivity contribution in [3.8, 4) is 0 Å². The van der Waals surface area contributed by atoms with Gasteiger partial charge in [0.25, 0.3) is 0 Å². The monoisotopic (exact) mass is 290 g/mol. The van der Waals surface area contributed by atoms with E-state index >= 15 is 0 Å². The normalized spacial score (nSPS) is 18.7. The number of halogens is 3. The molecule has 0 amide bonds. The van der Waals surface area contributed by atoms with Crippen LogP contribution >= 0.6 is 23.2 Å². The highest BCUT2D eigenvalue weighted by Crippen LogP contribution is 2.31. The van der Waals surface area contributed by atoms with Gasteiger partial charge in [-0.1, -0.05) is 23.2 Å². The Labute approximate surface area is 117 Å². The first kappa shape index (κ1) is 13.9. The van der Waals surface area contributed by atoms with Crippen molar-refractivity contribution in [1.29, 1.82) is 0 Å². The van der Waals surface area contributed by atoms with Gasteiger partial charge in [0, 0.05) is 6.04 Å². The predicted molar refractivity (Wildman–Crippen MR) is 75.1 cm³/mol. The van der Waals surface area contributed by atoms with Crippen LogP contribution in [0.1, 0.15) is 19.8 Å². The summed E-state index contributed by atoms with van der Waals surface area (Å²) in [6.45, 7) is 4.14. The summed E-state index contributed by atoms with van der Waals surface area (Å²) in [5.41, 5.74) is 0.426. The summed E-state index contributed by atoms with van der Waals surface area (Å²) >= 11 is 11.6. The molecule has 0 spiro atoms. The van der Waals surface area contributed by atoms with Crippen molar-refractivity contribution in [3.63, 3.8) is 0 Å². The van der Waals surface area contributed by atoms with Gasteiger partial charge in [-0.25, -0.2) is 4.39 Å². The minimum atomic E-state index is -0.468. The van der Waals surface area contributed by atoms with Crippen molar-refractivity contribution in [2.24, 2.45) is 5.92 Å². The topological polar surface area (TPSA) is 24.1 Å². The van der Waals surface area contributed by atoms with E-state index in [4.69, 9.17) is 23.2 Å². The van der Waals surface area contributed by atoms with Crippen molar-refractivity contribution in [1.82, 2.24) is 5.32 Å². The van der Waals surface area contributed by atoms with E-state index in [9.17, 15) is 4.39 Å². The van der Waals surface area contributed by atoms with Gasteiger partial charge in [0.2, 0.25) is 0 Å². The van der Waals surface area contributed by atoms with Crippen LogP contribution in [0.2, 0.25) is 10.0 Å². The zero-order valence-corrected chi connectivity index (χ0v) is 11.8. The van der Waals surface area contributed by atoms with Crippen molar-refractivity contribution in [2.45, 2.75) is 25.8 Å². The number of rotatable bonds is 3. The van der Waals surface area contributed by atoms with Gasteiger partial charge in [0.05, 0.1) is 15.7 Å². The van der Waals surface area contributed by atoms with E-state index in [0.717, 1.165) is 25.9 Å². The molecule has 1 saturated heterocycles. The molecule has 100 valence electrons. The van der Waals surface area contributed by atoms with Crippen molar-refractivity contribution in [2.75, 3.05) is 18.4 Å². The maximum absolute atomic E-state index is 13.9. The molecule has 18 heavy (non-hydrogen) atoms. The number of nitrogens with one attached hydrogen (secondary N) is 2. The largest absolute Gasteiger partial charge is 0.380 e. The van der Waals surface area contributed by atoms with Crippen LogP contribution in [0.4, 0.5) is 10.1 Å². The highest BCUT2D eigenvalue weighted by atomic mass is 35.5. The van der Waals surface area contributed by atoms with E-state index in [1.807, 2.05) is 0 Å². The Morgan fingerprint density at radius 2 is 2.00 bits per heavy atom. The molecule has 1 unspecified atom stereocenters. The number of hydrogen-bond donors (Lipinski definition) is 2. The van der Waals surface area contributed by atoms with Gasteiger partial charge in [-0.2, -0.15) is 0 Å². The fourth-order valence-corrected chi connectivity index (χ4v) is 2.66. The SMILES string of the molecule is CC(Nc1ccc(Cl)c(Cl)c1F)C1CCNCC1. The molecule has 0 aliphatic carbocycles.